The van der Waals surface area contributed by atoms with Crippen molar-refractivity contribution in [1.29, 1.82) is 0 Å². The van der Waals surface area contributed by atoms with Gasteiger partial charge in [0.15, 0.2) is 28.8 Å². The van der Waals surface area contributed by atoms with Crippen molar-refractivity contribution in [3.05, 3.63) is 52.7 Å². The molecule has 0 saturated heterocycles. The number of ether oxygens (including phenoxy) is 6. The highest BCUT2D eigenvalue weighted by atomic mass is 16.5. The molecular formula is C30H35NO8. The lowest BCUT2D eigenvalue weighted by atomic mass is 9.69. The standard InChI is InChI=1S/C30H35NO8/c1-8-39-30(33)27-16(2)31-20-11-18(17-9-10-22(34-3)24(13-17)36-5)12-21(32)29(20)28(27)19-14-25(37-6)26(38-7)15-23(19)35-4/h9-10,13-15,18,27-28H,8,11-12H2,1-7H3/t18-,27?,28+/m1/s1. The molecule has 0 spiro atoms. The molecule has 0 fully saturated rings. The first-order valence-electron chi connectivity index (χ1n) is 12.8. The average Bonchev–Trinajstić information content (AvgIpc) is 2.95. The van der Waals surface area contributed by atoms with Gasteiger partial charge in [-0.1, -0.05) is 6.07 Å². The molecule has 0 radical (unpaired) electrons. The van der Waals surface area contributed by atoms with Gasteiger partial charge >= 0.3 is 5.97 Å². The monoisotopic (exact) mass is 537 g/mol. The molecule has 39 heavy (non-hydrogen) atoms. The van der Waals surface area contributed by atoms with Crippen LogP contribution in [-0.4, -0.2) is 59.6 Å². The van der Waals surface area contributed by atoms with Crippen molar-refractivity contribution < 1.29 is 38.0 Å². The van der Waals surface area contributed by atoms with Crippen LogP contribution in [0.2, 0.25) is 0 Å². The molecule has 1 unspecified atom stereocenters. The number of allylic oxidation sites excluding steroid dienone is 2. The average molecular weight is 538 g/mol. The first-order chi connectivity index (χ1) is 18.8. The Bertz CT molecular complexity index is 1330. The molecule has 9 heteroatoms. The zero-order valence-electron chi connectivity index (χ0n) is 23.5. The van der Waals surface area contributed by atoms with Crippen LogP contribution in [0.4, 0.5) is 0 Å². The van der Waals surface area contributed by atoms with Gasteiger partial charge in [0.1, 0.15) is 11.7 Å². The lowest BCUT2D eigenvalue weighted by Gasteiger charge is -2.37. The van der Waals surface area contributed by atoms with Crippen LogP contribution in [0.25, 0.3) is 0 Å². The van der Waals surface area contributed by atoms with Crippen molar-refractivity contribution in [3.8, 4) is 28.7 Å². The van der Waals surface area contributed by atoms with E-state index in [2.05, 4.69) is 0 Å². The van der Waals surface area contributed by atoms with Crippen LogP contribution in [-0.2, 0) is 14.3 Å². The number of hydrogen-bond acceptors (Lipinski definition) is 9. The predicted octanol–water partition coefficient (Wildman–Crippen LogP) is 4.87. The van der Waals surface area contributed by atoms with Crippen LogP contribution in [0.15, 0.2) is 46.6 Å². The van der Waals surface area contributed by atoms with E-state index in [1.54, 1.807) is 47.3 Å². The summed E-state index contributed by atoms with van der Waals surface area (Å²) in [6.07, 6.45) is 0.778. The number of rotatable bonds is 9. The largest absolute Gasteiger partial charge is 0.496 e. The van der Waals surface area contributed by atoms with Crippen LogP contribution >= 0.6 is 0 Å². The van der Waals surface area contributed by atoms with E-state index < -0.39 is 17.8 Å². The highest BCUT2D eigenvalue weighted by Crippen LogP contribution is 2.51. The van der Waals surface area contributed by atoms with E-state index in [0.717, 1.165) is 5.56 Å². The first-order valence-corrected chi connectivity index (χ1v) is 12.8. The molecule has 0 aromatic heterocycles. The number of ketones is 1. The third-order valence-corrected chi connectivity index (χ3v) is 7.38. The third kappa shape index (κ3) is 5.17. The number of esters is 1. The summed E-state index contributed by atoms with van der Waals surface area (Å²) < 4.78 is 33.1. The number of aliphatic imine (C=N–C) groups is 1. The minimum atomic E-state index is -0.794. The van der Waals surface area contributed by atoms with E-state index in [1.165, 1.54) is 14.2 Å². The van der Waals surface area contributed by atoms with Gasteiger partial charge in [-0.05, 0) is 49.9 Å². The second-order valence-electron chi connectivity index (χ2n) is 9.41. The van der Waals surface area contributed by atoms with Gasteiger partial charge < -0.3 is 28.4 Å². The van der Waals surface area contributed by atoms with Gasteiger partial charge in [0.05, 0.1) is 42.2 Å². The summed E-state index contributed by atoms with van der Waals surface area (Å²) in [5.74, 6) is 0.541. The van der Waals surface area contributed by atoms with E-state index in [0.29, 0.717) is 57.7 Å². The van der Waals surface area contributed by atoms with Crippen LogP contribution < -0.4 is 23.7 Å². The van der Waals surface area contributed by atoms with E-state index in [1.807, 2.05) is 18.2 Å². The summed E-state index contributed by atoms with van der Waals surface area (Å²) in [5.41, 5.74) is 3.32. The van der Waals surface area contributed by atoms with Gasteiger partial charge in [-0.2, -0.15) is 0 Å². The quantitative estimate of drug-likeness (QED) is 0.418. The second-order valence-corrected chi connectivity index (χ2v) is 9.41. The number of methoxy groups -OCH3 is 5. The SMILES string of the molecule is CCOC(=O)C1C(C)=NC2=C(C(=O)C[C@H](c3ccc(OC)c(OC)c3)C2)[C@H]1c1cc(OC)c(OC)cc1OC. The molecular weight excluding hydrogens is 502 g/mol. The molecule has 3 atom stereocenters. The van der Waals surface area contributed by atoms with Crippen molar-refractivity contribution in [2.24, 2.45) is 10.9 Å². The molecule has 2 aromatic rings. The van der Waals surface area contributed by atoms with Gasteiger partial charge in [-0.15, -0.1) is 0 Å². The Hall–Kier alpha value is -4.01. The van der Waals surface area contributed by atoms with Gasteiger partial charge in [0.25, 0.3) is 0 Å². The second kappa shape index (κ2) is 11.8. The Morgan fingerprint density at radius 3 is 2.08 bits per heavy atom. The van der Waals surface area contributed by atoms with E-state index >= 15 is 0 Å². The number of nitrogens with zero attached hydrogens (tertiary/aromatic N) is 1. The molecule has 208 valence electrons. The van der Waals surface area contributed by atoms with Gasteiger partial charge in [0.2, 0.25) is 0 Å². The summed E-state index contributed by atoms with van der Waals surface area (Å²) in [4.78, 5) is 32.1. The number of carbonyl (C=O) groups excluding carboxylic acids is 2. The third-order valence-electron chi connectivity index (χ3n) is 7.38. The van der Waals surface area contributed by atoms with Crippen LogP contribution in [0, 0.1) is 5.92 Å². The molecule has 1 heterocycles. The topological polar surface area (TPSA) is 102 Å². The van der Waals surface area contributed by atoms with Crippen LogP contribution in [0.5, 0.6) is 28.7 Å². The molecule has 0 bridgehead atoms. The van der Waals surface area contributed by atoms with Crippen molar-refractivity contribution in [3.63, 3.8) is 0 Å². The Morgan fingerprint density at radius 1 is 0.846 bits per heavy atom. The van der Waals surface area contributed by atoms with Gasteiger partial charge in [-0.25, -0.2) is 0 Å². The van der Waals surface area contributed by atoms with Crippen molar-refractivity contribution in [1.82, 2.24) is 0 Å². The van der Waals surface area contributed by atoms with E-state index in [4.69, 9.17) is 33.4 Å². The first kappa shape index (κ1) is 28.0. The zero-order valence-corrected chi connectivity index (χ0v) is 23.5. The van der Waals surface area contributed by atoms with E-state index in [-0.39, 0.29) is 24.7 Å². The van der Waals surface area contributed by atoms with Crippen molar-refractivity contribution in [2.75, 3.05) is 42.2 Å². The zero-order chi connectivity index (χ0) is 28.3. The van der Waals surface area contributed by atoms with Crippen LogP contribution in [0.1, 0.15) is 49.7 Å². The fourth-order valence-electron chi connectivity index (χ4n) is 5.57. The normalized spacial score (nSPS) is 20.5. The van der Waals surface area contributed by atoms with E-state index in [9.17, 15) is 9.59 Å². The fraction of sp³-hybridized carbons (Fsp3) is 0.433. The molecule has 1 aliphatic carbocycles. The Morgan fingerprint density at radius 2 is 1.46 bits per heavy atom. The summed E-state index contributed by atoms with van der Waals surface area (Å²) in [5, 5.41) is 0. The maximum Gasteiger partial charge on any atom is 0.315 e. The highest BCUT2D eigenvalue weighted by molar-refractivity contribution is 6.09. The number of benzene rings is 2. The lowest BCUT2D eigenvalue weighted by molar-refractivity contribution is -0.146. The maximum atomic E-state index is 14.0. The predicted molar refractivity (Wildman–Crippen MR) is 146 cm³/mol. The Labute approximate surface area is 228 Å². The number of Topliss-reactive ketones (excluding diaryl/α,β-unsaturated/α-hetero) is 1. The van der Waals surface area contributed by atoms with Crippen LogP contribution in [0.3, 0.4) is 0 Å². The number of hydrogen-bond donors (Lipinski definition) is 0. The number of carbonyl (C=O) groups is 2. The summed E-state index contributed by atoms with van der Waals surface area (Å²) in [6, 6.07) is 9.16. The highest BCUT2D eigenvalue weighted by Gasteiger charge is 2.46. The molecule has 4 rings (SSSR count). The molecule has 1 aliphatic heterocycles. The smallest absolute Gasteiger partial charge is 0.315 e. The molecule has 0 N–H and O–H groups in total. The molecule has 0 saturated carbocycles. The molecule has 0 amide bonds. The van der Waals surface area contributed by atoms with Crippen molar-refractivity contribution >= 4 is 17.5 Å². The van der Waals surface area contributed by atoms with Gasteiger partial charge in [0, 0.05) is 41.0 Å². The fourth-order valence-corrected chi connectivity index (χ4v) is 5.57. The van der Waals surface area contributed by atoms with Crippen molar-refractivity contribution in [2.45, 2.75) is 38.5 Å². The Balaban J connectivity index is 1.87. The summed E-state index contributed by atoms with van der Waals surface area (Å²) in [7, 11) is 7.78. The summed E-state index contributed by atoms with van der Waals surface area (Å²) in [6.45, 7) is 3.76. The summed E-state index contributed by atoms with van der Waals surface area (Å²) >= 11 is 0. The maximum absolute atomic E-state index is 14.0. The molecule has 2 aromatic carbocycles. The van der Waals surface area contributed by atoms with Gasteiger partial charge in [-0.3, -0.25) is 14.6 Å². The lowest BCUT2D eigenvalue weighted by Crippen LogP contribution is -2.38. The Kier molecular flexibility index (Phi) is 8.47. The molecule has 9 nitrogen and oxygen atoms in total. The minimum Gasteiger partial charge on any atom is -0.496 e. The molecule has 2 aliphatic rings. The minimum absolute atomic E-state index is 0.0802.